The number of fused-ring (bicyclic) bond motifs is 2. The van der Waals surface area contributed by atoms with E-state index in [9.17, 15) is 23.9 Å². The topological polar surface area (TPSA) is 104 Å². The zero-order chi connectivity index (χ0) is 24.2. The smallest absolute Gasteiger partial charge is 0.332 e. The fraction of sp³-hybridized carbons (Fsp3) is 0.320. The Morgan fingerprint density at radius 1 is 1.32 bits per heavy atom. The third-order valence-electron chi connectivity index (χ3n) is 6.57. The summed E-state index contributed by atoms with van der Waals surface area (Å²) < 4.78 is 35.6. The fourth-order valence-corrected chi connectivity index (χ4v) is 5.00. The van der Waals surface area contributed by atoms with Crippen molar-refractivity contribution in [1.29, 1.82) is 5.26 Å². The summed E-state index contributed by atoms with van der Waals surface area (Å²) in [4.78, 5) is 11.6. The van der Waals surface area contributed by atoms with Gasteiger partial charge in [-0.05, 0) is 36.2 Å². The summed E-state index contributed by atoms with van der Waals surface area (Å²) in [6.07, 6.45) is 1.17. The third-order valence-corrected chi connectivity index (χ3v) is 6.57. The Bertz CT molecular complexity index is 1480. The van der Waals surface area contributed by atoms with Crippen LogP contribution in [0.4, 0.5) is 8.78 Å². The molecule has 0 amide bonds. The van der Waals surface area contributed by atoms with Gasteiger partial charge in [0.25, 0.3) is 0 Å². The SMILES string of the molecule is CC(C)(CC#N)c1c([C@H]2CO[C@H](C(=O)O)C2)c2cc3[nH]ncc3cc2n1-c1ccc(F)c(F)c1. The van der Waals surface area contributed by atoms with Crippen molar-refractivity contribution in [1.82, 2.24) is 14.8 Å². The zero-order valence-electron chi connectivity index (χ0n) is 18.6. The Balaban J connectivity index is 1.89. The maximum Gasteiger partial charge on any atom is 0.332 e. The summed E-state index contributed by atoms with van der Waals surface area (Å²) in [5, 5.41) is 27.8. The lowest BCUT2D eigenvalue weighted by Gasteiger charge is -2.28. The van der Waals surface area contributed by atoms with Crippen LogP contribution >= 0.6 is 0 Å². The number of nitrogens with one attached hydrogen (secondary N) is 1. The van der Waals surface area contributed by atoms with Gasteiger partial charge in [-0.25, -0.2) is 13.6 Å². The number of hydrogen-bond acceptors (Lipinski definition) is 4. The van der Waals surface area contributed by atoms with Crippen LogP contribution in [0.5, 0.6) is 0 Å². The van der Waals surface area contributed by atoms with Gasteiger partial charge in [0.1, 0.15) is 0 Å². The number of nitriles is 1. The van der Waals surface area contributed by atoms with Crippen LogP contribution in [-0.2, 0) is 14.9 Å². The molecule has 5 rings (SSSR count). The van der Waals surface area contributed by atoms with Crippen molar-refractivity contribution >= 4 is 27.8 Å². The number of rotatable bonds is 5. The first-order valence-electron chi connectivity index (χ1n) is 10.9. The van der Waals surface area contributed by atoms with Crippen LogP contribution < -0.4 is 0 Å². The number of benzene rings is 2. The number of carbonyl (C=O) groups is 1. The molecule has 1 aliphatic rings. The Kier molecular flexibility index (Phi) is 5.14. The van der Waals surface area contributed by atoms with E-state index in [4.69, 9.17) is 4.74 Å². The minimum atomic E-state index is -1.03. The van der Waals surface area contributed by atoms with E-state index in [-0.39, 0.29) is 25.4 Å². The van der Waals surface area contributed by atoms with Crippen LogP contribution in [-0.4, -0.2) is 38.6 Å². The highest BCUT2D eigenvalue weighted by molar-refractivity contribution is 5.99. The summed E-state index contributed by atoms with van der Waals surface area (Å²) in [6.45, 7) is 4.04. The summed E-state index contributed by atoms with van der Waals surface area (Å²) >= 11 is 0. The van der Waals surface area contributed by atoms with Crippen LogP contribution in [0.25, 0.3) is 27.5 Å². The van der Waals surface area contributed by atoms with E-state index in [0.717, 1.165) is 45.2 Å². The fourth-order valence-electron chi connectivity index (χ4n) is 5.00. The molecule has 7 nitrogen and oxygen atoms in total. The predicted molar refractivity (Wildman–Crippen MR) is 121 cm³/mol. The van der Waals surface area contributed by atoms with Crippen molar-refractivity contribution in [2.75, 3.05) is 6.61 Å². The van der Waals surface area contributed by atoms with Crippen molar-refractivity contribution in [2.24, 2.45) is 0 Å². The van der Waals surface area contributed by atoms with Crippen molar-refractivity contribution in [3.8, 4) is 11.8 Å². The number of aromatic amines is 1. The number of carboxylic acids is 1. The highest BCUT2D eigenvalue weighted by Gasteiger charge is 2.39. The third kappa shape index (κ3) is 3.42. The van der Waals surface area contributed by atoms with E-state index in [1.165, 1.54) is 6.07 Å². The maximum atomic E-state index is 14.4. The second-order valence-corrected chi connectivity index (χ2v) is 9.33. The van der Waals surface area contributed by atoms with E-state index in [0.29, 0.717) is 5.69 Å². The summed E-state index contributed by atoms with van der Waals surface area (Å²) in [7, 11) is 0. The number of aromatic nitrogens is 3. The molecule has 4 aromatic rings. The molecule has 0 spiro atoms. The van der Waals surface area contributed by atoms with Gasteiger partial charge in [-0.2, -0.15) is 10.4 Å². The molecule has 0 radical (unpaired) electrons. The minimum Gasteiger partial charge on any atom is -0.479 e. The quantitative estimate of drug-likeness (QED) is 0.436. The molecule has 0 saturated carbocycles. The molecular formula is C25H22F2N4O3. The predicted octanol–water partition coefficient (Wildman–Crippen LogP) is 4.93. The van der Waals surface area contributed by atoms with E-state index in [1.54, 1.807) is 6.20 Å². The van der Waals surface area contributed by atoms with Gasteiger partial charge in [0.05, 0.1) is 29.9 Å². The van der Waals surface area contributed by atoms with Crippen LogP contribution in [0.2, 0.25) is 0 Å². The standard InChI is InChI=1S/C25H22F2N4O3/c1-25(2,5-6-28)23-22(14-8-21(24(32)33)34-12-14)16-10-19-13(11-29-30-19)7-20(16)31(23)15-3-4-17(26)18(27)9-15/h3-4,7,9-11,14,21H,5,8,12H2,1-2H3,(H,29,30)(H,32,33)/t14-,21+/m1/s1. The maximum absolute atomic E-state index is 14.4. The minimum absolute atomic E-state index is 0.162. The highest BCUT2D eigenvalue weighted by atomic mass is 19.2. The molecule has 0 unspecified atom stereocenters. The van der Waals surface area contributed by atoms with Crippen molar-refractivity contribution in [3.05, 3.63) is 59.4 Å². The van der Waals surface area contributed by atoms with Gasteiger partial charge in [0.15, 0.2) is 17.7 Å². The first-order valence-corrected chi connectivity index (χ1v) is 10.9. The lowest BCUT2D eigenvalue weighted by Crippen LogP contribution is -2.24. The number of H-pyrrole nitrogens is 1. The van der Waals surface area contributed by atoms with Crippen molar-refractivity contribution < 1.29 is 23.4 Å². The molecule has 3 heterocycles. The van der Waals surface area contributed by atoms with Gasteiger partial charge >= 0.3 is 5.97 Å². The lowest BCUT2D eigenvalue weighted by atomic mass is 9.79. The molecule has 2 aromatic carbocycles. The number of hydrogen-bond donors (Lipinski definition) is 2. The largest absolute Gasteiger partial charge is 0.479 e. The molecule has 0 aliphatic carbocycles. The zero-order valence-corrected chi connectivity index (χ0v) is 18.6. The number of carboxylic acid groups (broad SMARTS) is 1. The Morgan fingerprint density at radius 2 is 2.12 bits per heavy atom. The first-order chi connectivity index (χ1) is 16.2. The first kappa shape index (κ1) is 22.0. The Labute approximate surface area is 193 Å². The summed E-state index contributed by atoms with van der Waals surface area (Å²) in [6, 6.07) is 9.79. The van der Waals surface area contributed by atoms with Crippen molar-refractivity contribution in [2.45, 2.75) is 44.1 Å². The number of aliphatic carboxylic acids is 1. The van der Waals surface area contributed by atoms with Gasteiger partial charge in [-0.15, -0.1) is 0 Å². The molecule has 1 aliphatic heterocycles. The van der Waals surface area contributed by atoms with Gasteiger partial charge in [-0.3, -0.25) is 5.10 Å². The molecule has 1 saturated heterocycles. The van der Waals surface area contributed by atoms with Crippen molar-refractivity contribution in [3.63, 3.8) is 0 Å². The molecule has 1 fully saturated rings. The van der Waals surface area contributed by atoms with E-state index < -0.39 is 29.1 Å². The van der Waals surface area contributed by atoms with Gasteiger partial charge < -0.3 is 14.4 Å². The van der Waals surface area contributed by atoms with Crippen LogP contribution in [0, 0.1) is 23.0 Å². The molecular weight excluding hydrogens is 442 g/mol. The molecule has 2 aromatic heterocycles. The average molecular weight is 464 g/mol. The second-order valence-electron chi connectivity index (χ2n) is 9.33. The van der Waals surface area contributed by atoms with E-state index >= 15 is 0 Å². The number of nitrogens with zero attached hydrogens (tertiary/aromatic N) is 3. The van der Waals surface area contributed by atoms with Gasteiger partial charge in [0, 0.05) is 46.0 Å². The molecule has 9 heteroatoms. The molecule has 2 N–H and O–H groups in total. The van der Waals surface area contributed by atoms with Crippen LogP contribution in [0.15, 0.2) is 36.5 Å². The number of halogens is 2. The monoisotopic (exact) mass is 464 g/mol. The average Bonchev–Trinajstić information content (AvgIpc) is 3.50. The highest BCUT2D eigenvalue weighted by Crippen LogP contribution is 2.46. The molecule has 2 atom stereocenters. The van der Waals surface area contributed by atoms with E-state index in [2.05, 4.69) is 16.3 Å². The van der Waals surface area contributed by atoms with E-state index in [1.807, 2.05) is 30.5 Å². The second kappa shape index (κ2) is 7.92. The van der Waals surface area contributed by atoms with Crippen LogP contribution in [0.1, 0.15) is 43.9 Å². The summed E-state index contributed by atoms with van der Waals surface area (Å²) in [5.74, 6) is -3.22. The number of ether oxygens (including phenoxy) is 1. The Hall–Kier alpha value is -3.77. The summed E-state index contributed by atoms with van der Waals surface area (Å²) in [5.41, 5.74) is 2.83. The van der Waals surface area contributed by atoms with Gasteiger partial charge in [0.2, 0.25) is 0 Å². The molecule has 0 bridgehead atoms. The molecule has 174 valence electrons. The molecule has 34 heavy (non-hydrogen) atoms. The lowest BCUT2D eigenvalue weighted by molar-refractivity contribution is -0.147. The van der Waals surface area contributed by atoms with Crippen LogP contribution in [0.3, 0.4) is 0 Å². The normalized spacial score (nSPS) is 18.6. The van der Waals surface area contributed by atoms with Gasteiger partial charge in [-0.1, -0.05) is 13.8 Å². The Morgan fingerprint density at radius 3 is 2.79 bits per heavy atom.